The highest BCUT2D eigenvalue weighted by molar-refractivity contribution is 7.07. The fourth-order valence-electron chi connectivity index (χ4n) is 1.80. The Morgan fingerprint density at radius 2 is 2.32 bits per heavy atom. The van der Waals surface area contributed by atoms with Crippen LogP contribution in [0.5, 0.6) is 0 Å². The highest BCUT2D eigenvalue weighted by Gasteiger charge is 2.09. The average molecular weight is 277 g/mol. The second-order valence-corrected chi connectivity index (χ2v) is 5.19. The molecule has 0 aliphatic heterocycles. The van der Waals surface area contributed by atoms with Gasteiger partial charge in [-0.05, 0) is 31.9 Å². The Morgan fingerprint density at radius 1 is 1.47 bits per heavy atom. The molecule has 2 aromatic heterocycles. The molecule has 19 heavy (non-hydrogen) atoms. The number of unbranched alkanes of at least 4 members (excludes halogenated alkanes) is 1. The number of aromatic nitrogens is 1. The summed E-state index contributed by atoms with van der Waals surface area (Å²) in [6.07, 6.45) is 5.03. The largest absolute Gasteiger partial charge is 0.463 e. The molecule has 0 saturated carbocycles. The molecular weight excluding hydrogens is 258 g/mol. The smallest absolute Gasteiger partial charge is 0.206 e. The van der Waals surface area contributed by atoms with E-state index in [0.717, 1.165) is 34.8 Å². The molecule has 0 fully saturated rings. The van der Waals surface area contributed by atoms with Crippen molar-refractivity contribution in [3.8, 4) is 11.5 Å². The molecule has 0 aliphatic carbocycles. The molecule has 2 aromatic rings. The van der Waals surface area contributed by atoms with Crippen LogP contribution in [0.15, 0.2) is 38.3 Å². The monoisotopic (exact) mass is 277 g/mol. The van der Waals surface area contributed by atoms with Crippen molar-refractivity contribution in [2.24, 2.45) is 10.1 Å². The fraction of sp³-hybridized carbons (Fsp3) is 0.429. The average Bonchev–Trinajstić information content (AvgIpc) is 3.04. The van der Waals surface area contributed by atoms with Crippen molar-refractivity contribution in [2.45, 2.75) is 33.1 Å². The van der Waals surface area contributed by atoms with Crippen molar-refractivity contribution >= 4 is 17.0 Å². The van der Waals surface area contributed by atoms with Gasteiger partial charge in [0.2, 0.25) is 4.80 Å². The first-order valence-corrected chi connectivity index (χ1v) is 7.36. The van der Waals surface area contributed by atoms with Crippen LogP contribution in [0.1, 0.15) is 33.1 Å². The van der Waals surface area contributed by atoms with Crippen LogP contribution < -0.4 is 4.80 Å². The first-order chi connectivity index (χ1) is 9.26. The molecule has 0 N–H and O–H groups in total. The summed E-state index contributed by atoms with van der Waals surface area (Å²) in [4.78, 5) is 5.14. The standard InChI is InChI=1S/C14H19N3OS/c1-4-5-7-11(2)16-17-12(10-19-14(17)15-3)13-8-6-9-18-13/h6,8-10H,4-5,7H2,1-3H3/b15-14?,16-11+. The van der Waals surface area contributed by atoms with E-state index in [9.17, 15) is 0 Å². The number of furan rings is 1. The lowest BCUT2D eigenvalue weighted by Crippen LogP contribution is -2.13. The van der Waals surface area contributed by atoms with Gasteiger partial charge in [-0.25, -0.2) is 4.68 Å². The second-order valence-electron chi connectivity index (χ2n) is 4.36. The summed E-state index contributed by atoms with van der Waals surface area (Å²) in [5.41, 5.74) is 2.06. The van der Waals surface area contributed by atoms with Gasteiger partial charge in [-0.1, -0.05) is 13.3 Å². The molecular formula is C14H19N3OS. The van der Waals surface area contributed by atoms with Crippen LogP contribution in [0.2, 0.25) is 0 Å². The van der Waals surface area contributed by atoms with Gasteiger partial charge < -0.3 is 4.42 Å². The molecule has 2 rings (SSSR count). The van der Waals surface area contributed by atoms with Gasteiger partial charge >= 0.3 is 0 Å². The van der Waals surface area contributed by atoms with Crippen LogP contribution in [-0.2, 0) is 0 Å². The second kappa shape index (κ2) is 6.52. The van der Waals surface area contributed by atoms with Gasteiger partial charge in [0, 0.05) is 18.1 Å². The van der Waals surface area contributed by atoms with Crippen LogP contribution in [0.25, 0.3) is 11.5 Å². The fourth-order valence-corrected chi connectivity index (χ4v) is 2.57. The lowest BCUT2D eigenvalue weighted by atomic mass is 10.2. The lowest BCUT2D eigenvalue weighted by molar-refractivity contribution is 0.575. The van der Waals surface area contributed by atoms with E-state index in [0.29, 0.717) is 0 Å². The molecule has 0 aromatic carbocycles. The van der Waals surface area contributed by atoms with Gasteiger partial charge in [-0.3, -0.25) is 4.99 Å². The van der Waals surface area contributed by atoms with Gasteiger partial charge in [-0.15, -0.1) is 11.3 Å². The Kier molecular flexibility index (Phi) is 4.74. The Balaban J connectivity index is 2.41. The van der Waals surface area contributed by atoms with E-state index in [-0.39, 0.29) is 0 Å². The molecule has 0 radical (unpaired) electrons. The molecule has 0 amide bonds. The van der Waals surface area contributed by atoms with E-state index >= 15 is 0 Å². The number of hydrogen-bond acceptors (Lipinski definition) is 4. The van der Waals surface area contributed by atoms with E-state index in [2.05, 4.69) is 23.9 Å². The maximum Gasteiger partial charge on any atom is 0.206 e. The number of hydrogen-bond donors (Lipinski definition) is 0. The highest BCUT2D eigenvalue weighted by Crippen LogP contribution is 2.20. The third kappa shape index (κ3) is 3.23. The van der Waals surface area contributed by atoms with Crippen molar-refractivity contribution in [1.29, 1.82) is 0 Å². The maximum absolute atomic E-state index is 5.46. The summed E-state index contributed by atoms with van der Waals surface area (Å²) in [6.45, 7) is 4.25. The molecule has 0 saturated heterocycles. The molecule has 2 heterocycles. The van der Waals surface area contributed by atoms with E-state index in [1.165, 1.54) is 6.42 Å². The molecule has 4 nitrogen and oxygen atoms in total. The molecule has 5 heteroatoms. The summed E-state index contributed by atoms with van der Waals surface area (Å²) >= 11 is 1.57. The molecule has 0 atom stereocenters. The van der Waals surface area contributed by atoms with E-state index in [1.807, 2.05) is 22.2 Å². The predicted octanol–water partition coefficient (Wildman–Crippen LogP) is 3.75. The van der Waals surface area contributed by atoms with E-state index in [1.54, 1.807) is 24.6 Å². The molecule has 102 valence electrons. The molecule has 0 bridgehead atoms. The van der Waals surface area contributed by atoms with Crippen LogP contribution in [0.3, 0.4) is 0 Å². The van der Waals surface area contributed by atoms with Gasteiger partial charge in [0.05, 0.1) is 6.26 Å². The van der Waals surface area contributed by atoms with Gasteiger partial charge in [0.15, 0.2) is 5.76 Å². The third-order valence-corrected chi connectivity index (χ3v) is 3.72. The van der Waals surface area contributed by atoms with Crippen molar-refractivity contribution in [1.82, 2.24) is 4.68 Å². The first-order valence-electron chi connectivity index (χ1n) is 6.48. The molecule has 0 spiro atoms. The quantitative estimate of drug-likeness (QED) is 0.767. The normalized spacial score (nSPS) is 13.2. The summed E-state index contributed by atoms with van der Waals surface area (Å²) < 4.78 is 7.33. The Morgan fingerprint density at radius 3 is 2.95 bits per heavy atom. The van der Waals surface area contributed by atoms with Crippen LogP contribution >= 0.6 is 11.3 Å². The number of thiazole rings is 1. The number of rotatable bonds is 5. The Labute approximate surface area is 117 Å². The minimum absolute atomic E-state index is 0.818. The van der Waals surface area contributed by atoms with E-state index in [4.69, 9.17) is 4.42 Å². The van der Waals surface area contributed by atoms with Crippen molar-refractivity contribution in [3.05, 3.63) is 28.6 Å². The zero-order valence-corrected chi connectivity index (χ0v) is 12.4. The van der Waals surface area contributed by atoms with Crippen LogP contribution in [0, 0.1) is 0 Å². The highest BCUT2D eigenvalue weighted by atomic mass is 32.1. The topological polar surface area (TPSA) is 42.8 Å². The summed E-state index contributed by atoms with van der Waals surface area (Å²) in [6, 6.07) is 3.82. The third-order valence-electron chi connectivity index (χ3n) is 2.81. The zero-order valence-electron chi connectivity index (χ0n) is 11.6. The maximum atomic E-state index is 5.46. The van der Waals surface area contributed by atoms with Gasteiger partial charge in [-0.2, -0.15) is 5.10 Å². The SMILES string of the molecule is CCCC/C(C)=N/n1c(-c2ccco2)csc1=NC. The molecule has 0 unspecified atom stereocenters. The summed E-state index contributed by atoms with van der Waals surface area (Å²) in [5, 5.41) is 6.70. The zero-order chi connectivity index (χ0) is 13.7. The summed E-state index contributed by atoms with van der Waals surface area (Å²) in [5.74, 6) is 0.818. The lowest BCUT2D eigenvalue weighted by Gasteiger charge is -2.03. The molecule has 0 aliphatic rings. The van der Waals surface area contributed by atoms with E-state index < -0.39 is 0 Å². The van der Waals surface area contributed by atoms with Crippen molar-refractivity contribution < 1.29 is 4.42 Å². The van der Waals surface area contributed by atoms with Crippen molar-refractivity contribution in [2.75, 3.05) is 7.05 Å². The van der Waals surface area contributed by atoms with Crippen LogP contribution in [-0.4, -0.2) is 17.4 Å². The Hall–Kier alpha value is -1.62. The first kappa shape index (κ1) is 13.8. The van der Waals surface area contributed by atoms with Crippen molar-refractivity contribution in [3.63, 3.8) is 0 Å². The van der Waals surface area contributed by atoms with Gasteiger partial charge in [0.25, 0.3) is 0 Å². The summed E-state index contributed by atoms with van der Waals surface area (Å²) in [7, 11) is 1.78. The predicted molar refractivity (Wildman–Crippen MR) is 79.5 cm³/mol. The minimum Gasteiger partial charge on any atom is -0.463 e. The van der Waals surface area contributed by atoms with Gasteiger partial charge in [0.1, 0.15) is 5.69 Å². The van der Waals surface area contributed by atoms with Crippen LogP contribution in [0.4, 0.5) is 0 Å². The minimum atomic E-state index is 0.818. The Bertz CT molecular complexity index is 605. The number of nitrogens with zero attached hydrogens (tertiary/aromatic N) is 3.